The van der Waals surface area contributed by atoms with Gasteiger partial charge in [-0.1, -0.05) is 0 Å². The van der Waals surface area contributed by atoms with Gasteiger partial charge in [-0.2, -0.15) is 4.98 Å². The van der Waals surface area contributed by atoms with E-state index in [0.29, 0.717) is 24.4 Å². The van der Waals surface area contributed by atoms with Crippen LogP contribution < -0.4 is 10.2 Å². The molecule has 0 radical (unpaired) electrons. The van der Waals surface area contributed by atoms with Crippen LogP contribution in [0.4, 0.5) is 16.2 Å². The van der Waals surface area contributed by atoms with Crippen molar-refractivity contribution in [1.29, 1.82) is 0 Å². The van der Waals surface area contributed by atoms with Gasteiger partial charge in [-0.15, -0.1) is 0 Å². The molecule has 0 spiro atoms. The van der Waals surface area contributed by atoms with Crippen LogP contribution in [0.25, 0.3) is 0 Å². The highest BCUT2D eigenvalue weighted by molar-refractivity contribution is 5.43. The molecule has 2 aliphatic rings. The topological polar surface area (TPSA) is 59.5 Å². The zero-order valence-electron chi connectivity index (χ0n) is 12.5. The van der Waals surface area contributed by atoms with Crippen LogP contribution in [0.1, 0.15) is 6.42 Å². The minimum atomic E-state index is -0.422. The molecule has 0 unspecified atom stereocenters. The molecule has 21 heavy (non-hydrogen) atoms. The molecule has 7 heteroatoms. The Balaban J connectivity index is 1.75. The van der Waals surface area contributed by atoms with Gasteiger partial charge in [0.1, 0.15) is 0 Å². The van der Waals surface area contributed by atoms with Crippen molar-refractivity contribution in [1.82, 2.24) is 9.97 Å². The minimum absolute atomic E-state index is 0.220. The second kappa shape index (κ2) is 5.73. The van der Waals surface area contributed by atoms with E-state index in [-0.39, 0.29) is 18.0 Å². The van der Waals surface area contributed by atoms with E-state index in [0.717, 1.165) is 13.0 Å². The first-order valence-corrected chi connectivity index (χ1v) is 7.18. The highest BCUT2D eigenvalue weighted by atomic mass is 19.1. The van der Waals surface area contributed by atoms with Gasteiger partial charge in [0, 0.05) is 45.7 Å². The molecule has 0 amide bonds. The van der Waals surface area contributed by atoms with Crippen LogP contribution in [-0.2, 0) is 9.47 Å². The Morgan fingerprint density at radius 3 is 3.05 bits per heavy atom. The molecule has 1 aliphatic carbocycles. The largest absolute Gasteiger partial charge is 0.384 e. The van der Waals surface area contributed by atoms with Crippen LogP contribution in [0.15, 0.2) is 6.20 Å². The number of rotatable bonds is 5. The molecule has 1 aromatic rings. The maximum Gasteiger partial charge on any atom is 0.225 e. The fourth-order valence-corrected chi connectivity index (χ4v) is 3.32. The fourth-order valence-electron chi connectivity index (χ4n) is 3.32. The molecule has 4 atom stereocenters. The number of fused-ring (bicyclic) bond motifs is 1. The van der Waals surface area contributed by atoms with Gasteiger partial charge in [0.05, 0.1) is 18.9 Å². The van der Waals surface area contributed by atoms with Crippen molar-refractivity contribution in [3.05, 3.63) is 12.0 Å². The Kier molecular flexibility index (Phi) is 3.95. The molecule has 1 aromatic heterocycles. The van der Waals surface area contributed by atoms with Gasteiger partial charge in [-0.05, 0) is 6.42 Å². The van der Waals surface area contributed by atoms with E-state index >= 15 is 0 Å². The van der Waals surface area contributed by atoms with Crippen molar-refractivity contribution in [2.75, 3.05) is 44.6 Å². The molecule has 1 saturated heterocycles. The minimum Gasteiger partial charge on any atom is -0.384 e. The summed E-state index contributed by atoms with van der Waals surface area (Å²) in [5.41, 5.74) is 0. The van der Waals surface area contributed by atoms with Gasteiger partial charge in [0.25, 0.3) is 0 Å². The summed E-state index contributed by atoms with van der Waals surface area (Å²) < 4.78 is 24.6. The van der Waals surface area contributed by atoms with Crippen molar-refractivity contribution in [3.8, 4) is 0 Å². The third kappa shape index (κ3) is 2.55. The van der Waals surface area contributed by atoms with Crippen LogP contribution in [0, 0.1) is 17.7 Å². The van der Waals surface area contributed by atoms with Crippen LogP contribution in [0.5, 0.6) is 0 Å². The number of hydrogen-bond acceptors (Lipinski definition) is 6. The molecule has 1 aliphatic heterocycles. The average Bonchev–Trinajstić information content (AvgIpc) is 2.88. The summed E-state index contributed by atoms with van der Waals surface area (Å²) in [4.78, 5) is 9.93. The molecule has 0 bridgehead atoms. The van der Waals surface area contributed by atoms with Gasteiger partial charge in [0.2, 0.25) is 5.95 Å². The second-order valence-electron chi connectivity index (χ2n) is 5.84. The molecule has 6 nitrogen and oxygen atoms in total. The molecule has 3 rings (SSSR count). The molecule has 1 saturated carbocycles. The van der Waals surface area contributed by atoms with Gasteiger partial charge in [0.15, 0.2) is 11.6 Å². The number of methoxy groups -OCH3 is 1. The standard InChI is InChI=1S/C14H21FN4O2/c1-19(2)13-10(15)6-16-14(18-13)17-11-8-4-5-21-12(8)9(11)7-20-3/h6,8-9,11-12H,4-5,7H2,1-3H3,(H,16,17,18)/t8-,9+,11-,12-/m1/s1. The number of nitrogens with zero attached hydrogens (tertiary/aromatic N) is 3. The monoisotopic (exact) mass is 296 g/mol. The molecule has 2 heterocycles. The third-order valence-corrected chi connectivity index (χ3v) is 4.33. The maximum atomic E-state index is 13.6. The van der Waals surface area contributed by atoms with Crippen molar-refractivity contribution in [2.45, 2.75) is 18.6 Å². The average molecular weight is 296 g/mol. The van der Waals surface area contributed by atoms with Crippen molar-refractivity contribution >= 4 is 11.8 Å². The Labute approximate surface area is 123 Å². The molecule has 116 valence electrons. The molecular weight excluding hydrogens is 275 g/mol. The summed E-state index contributed by atoms with van der Waals surface area (Å²) in [5.74, 6) is 1.07. The Hall–Kier alpha value is -1.47. The van der Waals surface area contributed by atoms with Crippen molar-refractivity contribution in [2.24, 2.45) is 11.8 Å². The van der Waals surface area contributed by atoms with Gasteiger partial charge in [-0.3, -0.25) is 0 Å². The molecule has 2 fully saturated rings. The fraction of sp³-hybridized carbons (Fsp3) is 0.714. The molecular formula is C14H21FN4O2. The van der Waals surface area contributed by atoms with E-state index in [1.54, 1.807) is 26.1 Å². The highest BCUT2D eigenvalue weighted by Crippen LogP contribution is 2.44. The summed E-state index contributed by atoms with van der Waals surface area (Å²) in [6.45, 7) is 1.43. The van der Waals surface area contributed by atoms with Gasteiger partial charge < -0.3 is 19.7 Å². The smallest absolute Gasteiger partial charge is 0.225 e. The summed E-state index contributed by atoms with van der Waals surface area (Å²) >= 11 is 0. The molecule has 1 N–H and O–H groups in total. The van der Waals surface area contributed by atoms with Crippen LogP contribution >= 0.6 is 0 Å². The predicted molar refractivity (Wildman–Crippen MR) is 76.9 cm³/mol. The normalized spacial score (nSPS) is 30.7. The molecule has 0 aromatic carbocycles. The number of hydrogen-bond donors (Lipinski definition) is 1. The van der Waals surface area contributed by atoms with E-state index in [4.69, 9.17) is 9.47 Å². The first-order chi connectivity index (χ1) is 10.1. The number of aromatic nitrogens is 2. The van der Waals surface area contributed by atoms with Crippen molar-refractivity contribution < 1.29 is 13.9 Å². The lowest BCUT2D eigenvalue weighted by atomic mass is 9.67. The van der Waals surface area contributed by atoms with Gasteiger partial charge in [-0.25, -0.2) is 9.37 Å². The summed E-state index contributed by atoms with van der Waals surface area (Å²) in [6, 6.07) is 0.220. The van der Waals surface area contributed by atoms with E-state index in [9.17, 15) is 4.39 Å². The number of nitrogens with one attached hydrogen (secondary N) is 1. The summed E-state index contributed by atoms with van der Waals surface area (Å²) in [6.07, 6.45) is 2.50. The zero-order chi connectivity index (χ0) is 15.0. The first-order valence-electron chi connectivity index (χ1n) is 7.18. The predicted octanol–water partition coefficient (Wildman–Crippen LogP) is 1.14. The third-order valence-electron chi connectivity index (χ3n) is 4.33. The SMILES string of the molecule is COC[C@H]1[C@H](Nc2ncc(F)c(N(C)C)n2)[C@H]2CCO[C@H]21. The number of anilines is 2. The summed E-state index contributed by atoms with van der Waals surface area (Å²) in [7, 11) is 5.21. The number of halogens is 1. The maximum absolute atomic E-state index is 13.6. The zero-order valence-corrected chi connectivity index (χ0v) is 12.5. The van der Waals surface area contributed by atoms with Gasteiger partial charge >= 0.3 is 0 Å². The quantitative estimate of drug-likeness (QED) is 0.879. The highest BCUT2D eigenvalue weighted by Gasteiger charge is 2.54. The van der Waals surface area contributed by atoms with E-state index in [1.807, 2.05) is 0 Å². The summed E-state index contributed by atoms with van der Waals surface area (Å²) in [5, 5.41) is 3.33. The number of ether oxygens (including phenoxy) is 2. The van der Waals surface area contributed by atoms with E-state index < -0.39 is 5.82 Å². The van der Waals surface area contributed by atoms with E-state index in [2.05, 4.69) is 15.3 Å². The Morgan fingerprint density at radius 2 is 2.33 bits per heavy atom. The second-order valence-corrected chi connectivity index (χ2v) is 5.84. The Bertz CT molecular complexity index is 514. The van der Waals surface area contributed by atoms with Crippen molar-refractivity contribution in [3.63, 3.8) is 0 Å². The lowest BCUT2D eigenvalue weighted by molar-refractivity contribution is -0.0668. The van der Waals surface area contributed by atoms with Crippen LogP contribution in [0.3, 0.4) is 0 Å². The van der Waals surface area contributed by atoms with Crippen LogP contribution in [0.2, 0.25) is 0 Å². The lowest BCUT2D eigenvalue weighted by Gasteiger charge is -2.47. The first kappa shape index (κ1) is 14.5. The lowest BCUT2D eigenvalue weighted by Crippen LogP contribution is -2.58. The van der Waals surface area contributed by atoms with E-state index in [1.165, 1.54) is 6.20 Å². The Morgan fingerprint density at radius 1 is 1.52 bits per heavy atom. The van der Waals surface area contributed by atoms with Crippen LogP contribution in [-0.4, -0.2) is 56.5 Å².